The molecule has 7 nitrogen and oxygen atoms in total. The molecule has 1 aromatic rings. The van der Waals surface area contributed by atoms with Crippen LogP contribution in [-0.2, 0) is 14.3 Å². The summed E-state index contributed by atoms with van der Waals surface area (Å²) >= 11 is 0. The Labute approximate surface area is 122 Å². The summed E-state index contributed by atoms with van der Waals surface area (Å²) in [5.74, 6) is -1.41. The number of carbonyl (C=O) groups is 3. The van der Waals surface area contributed by atoms with E-state index < -0.39 is 24.0 Å². The third kappa shape index (κ3) is 4.34. The lowest BCUT2D eigenvalue weighted by Gasteiger charge is -2.17. The van der Waals surface area contributed by atoms with Crippen LogP contribution in [-0.4, -0.2) is 36.0 Å². The topological polar surface area (TPSA) is 97.6 Å². The molecular weight excluding hydrogens is 276 g/mol. The van der Waals surface area contributed by atoms with E-state index in [2.05, 4.69) is 10.6 Å². The number of hydrogen-bond acceptors (Lipinski definition) is 5. The maximum Gasteiger partial charge on any atom is 0.329 e. The highest BCUT2D eigenvalue weighted by molar-refractivity contribution is 5.94. The van der Waals surface area contributed by atoms with Gasteiger partial charge in [0.05, 0.1) is 6.26 Å². The molecule has 1 saturated carbocycles. The van der Waals surface area contributed by atoms with Crippen molar-refractivity contribution in [3.8, 4) is 0 Å². The second-order valence-corrected chi connectivity index (χ2v) is 5.03. The average Bonchev–Trinajstić information content (AvgIpc) is 3.07. The molecule has 1 aliphatic rings. The van der Waals surface area contributed by atoms with Gasteiger partial charge in [-0.3, -0.25) is 9.59 Å². The molecule has 0 bridgehead atoms. The Hall–Kier alpha value is -2.31. The van der Waals surface area contributed by atoms with Crippen LogP contribution in [0.15, 0.2) is 22.8 Å². The number of ether oxygens (including phenoxy) is 1. The normalized spacial score (nSPS) is 16.7. The minimum atomic E-state index is -0.888. The Morgan fingerprint density at radius 3 is 2.62 bits per heavy atom. The van der Waals surface area contributed by atoms with Crippen LogP contribution in [0.4, 0.5) is 0 Å². The van der Waals surface area contributed by atoms with E-state index in [0.29, 0.717) is 0 Å². The summed E-state index contributed by atoms with van der Waals surface area (Å²) in [6.45, 7) is 2.98. The van der Waals surface area contributed by atoms with Crippen molar-refractivity contribution in [2.75, 3.05) is 0 Å². The van der Waals surface area contributed by atoms with Gasteiger partial charge in [0.15, 0.2) is 11.9 Å². The maximum atomic E-state index is 11.8. The molecule has 0 aromatic carbocycles. The number of rotatable bonds is 6. The third-order valence-electron chi connectivity index (χ3n) is 3.03. The Balaban J connectivity index is 1.78. The van der Waals surface area contributed by atoms with Gasteiger partial charge >= 0.3 is 5.97 Å². The standard InChI is InChI=1S/C14H18N2O5/c1-8(15-13(18)11-4-3-7-20-11)14(19)21-9(2)12(17)16-10-5-6-10/h3-4,7-10H,5-6H2,1-2H3,(H,15,18)(H,16,17)/t8-,9+/m0/s1. The van der Waals surface area contributed by atoms with Gasteiger partial charge in [0.25, 0.3) is 11.8 Å². The molecule has 2 amide bonds. The monoisotopic (exact) mass is 294 g/mol. The van der Waals surface area contributed by atoms with Crippen molar-refractivity contribution in [3.63, 3.8) is 0 Å². The van der Waals surface area contributed by atoms with Gasteiger partial charge in [-0.25, -0.2) is 4.79 Å². The molecule has 0 spiro atoms. The Morgan fingerprint density at radius 2 is 2.05 bits per heavy atom. The highest BCUT2D eigenvalue weighted by atomic mass is 16.5. The fourth-order valence-corrected chi connectivity index (χ4v) is 1.61. The molecule has 21 heavy (non-hydrogen) atoms. The van der Waals surface area contributed by atoms with Gasteiger partial charge in [0.2, 0.25) is 0 Å². The van der Waals surface area contributed by atoms with Gasteiger partial charge in [-0.2, -0.15) is 0 Å². The fourth-order valence-electron chi connectivity index (χ4n) is 1.61. The first-order valence-electron chi connectivity index (χ1n) is 6.82. The molecule has 0 aliphatic heterocycles. The highest BCUT2D eigenvalue weighted by Crippen LogP contribution is 2.18. The van der Waals surface area contributed by atoms with Crippen LogP contribution in [0.5, 0.6) is 0 Å². The molecule has 2 N–H and O–H groups in total. The van der Waals surface area contributed by atoms with Crippen molar-refractivity contribution in [1.82, 2.24) is 10.6 Å². The average molecular weight is 294 g/mol. The lowest BCUT2D eigenvalue weighted by atomic mass is 10.3. The lowest BCUT2D eigenvalue weighted by Crippen LogP contribution is -2.43. The molecule has 2 rings (SSSR count). The smallest absolute Gasteiger partial charge is 0.329 e. The van der Waals surface area contributed by atoms with Crippen molar-refractivity contribution in [2.24, 2.45) is 0 Å². The summed E-state index contributed by atoms with van der Waals surface area (Å²) in [6.07, 6.45) is 2.40. The second kappa shape index (κ2) is 6.43. The first kappa shape index (κ1) is 15.1. The zero-order chi connectivity index (χ0) is 15.4. The molecule has 2 atom stereocenters. The fraction of sp³-hybridized carbons (Fsp3) is 0.500. The van der Waals surface area contributed by atoms with E-state index in [1.165, 1.54) is 26.2 Å². The van der Waals surface area contributed by atoms with E-state index in [0.717, 1.165) is 12.8 Å². The Kier molecular flexibility index (Phi) is 4.62. The quantitative estimate of drug-likeness (QED) is 0.749. The summed E-state index contributed by atoms with van der Waals surface area (Å²) in [5, 5.41) is 5.18. The van der Waals surface area contributed by atoms with Crippen LogP contribution in [0.1, 0.15) is 37.2 Å². The van der Waals surface area contributed by atoms with Crippen molar-refractivity contribution in [3.05, 3.63) is 24.2 Å². The Bertz CT molecular complexity index is 521. The molecule has 114 valence electrons. The molecule has 1 heterocycles. The van der Waals surface area contributed by atoms with Gasteiger partial charge < -0.3 is 19.8 Å². The molecule has 0 saturated heterocycles. The Morgan fingerprint density at radius 1 is 1.33 bits per heavy atom. The summed E-state index contributed by atoms with van der Waals surface area (Å²) in [7, 11) is 0. The summed E-state index contributed by atoms with van der Waals surface area (Å²) in [4.78, 5) is 35.2. The molecular formula is C14H18N2O5. The van der Waals surface area contributed by atoms with E-state index in [-0.39, 0.29) is 17.7 Å². The van der Waals surface area contributed by atoms with Crippen LogP contribution >= 0.6 is 0 Å². The number of nitrogens with one attached hydrogen (secondary N) is 2. The highest BCUT2D eigenvalue weighted by Gasteiger charge is 2.28. The number of hydrogen-bond donors (Lipinski definition) is 2. The molecule has 1 aromatic heterocycles. The van der Waals surface area contributed by atoms with Crippen molar-refractivity contribution in [1.29, 1.82) is 0 Å². The molecule has 7 heteroatoms. The van der Waals surface area contributed by atoms with Crippen LogP contribution in [0.25, 0.3) is 0 Å². The molecule has 0 unspecified atom stereocenters. The predicted molar refractivity (Wildman–Crippen MR) is 72.4 cm³/mol. The van der Waals surface area contributed by atoms with Crippen LogP contribution < -0.4 is 10.6 Å². The minimum Gasteiger partial charge on any atom is -0.459 e. The van der Waals surface area contributed by atoms with Gasteiger partial charge in [-0.1, -0.05) is 0 Å². The van der Waals surface area contributed by atoms with Crippen molar-refractivity contribution >= 4 is 17.8 Å². The summed E-state index contributed by atoms with van der Waals surface area (Å²) in [5.41, 5.74) is 0. The van der Waals surface area contributed by atoms with Gasteiger partial charge in [-0.15, -0.1) is 0 Å². The number of furan rings is 1. The summed E-state index contributed by atoms with van der Waals surface area (Å²) in [6, 6.07) is 2.38. The SMILES string of the molecule is C[C@H](NC(=O)c1ccco1)C(=O)O[C@H](C)C(=O)NC1CC1. The van der Waals surface area contributed by atoms with Crippen molar-refractivity contribution in [2.45, 2.75) is 44.9 Å². The van der Waals surface area contributed by atoms with Crippen molar-refractivity contribution < 1.29 is 23.5 Å². The molecule has 1 aliphatic carbocycles. The van der Waals surface area contributed by atoms with E-state index >= 15 is 0 Å². The van der Waals surface area contributed by atoms with Crippen LogP contribution in [0.3, 0.4) is 0 Å². The lowest BCUT2D eigenvalue weighted by molar-refractivity contribution is -0.156. The van der Waals surface area contributed by atoms with E-state index in [1.807, 2.05) is 0 Å². The van der Waals surface area contributed by atoms with Crippen LogP contribution in [0, 0.1) is 0 Å². The minimum absolute atomic E-state index is 0.106. The zero-order valence-corrected chi connectivity index (χ0v) is 11.9. The van der Waals surface area contributed by atoms with E-state index in [1.54, 1.807) is 6.07 Å². The number of carbonyl (C=O) groups excluding carboxylic acids is 3. The van der Waals surface area contributed by atoms with E-state index in [9.17, 15) is 14.4 Å². The number of amides is 2. The molecule has 0 radical (unpaired) electrons. The zero-order valence-electron chi connectivity index (χ0n) is 11.9. The van der Waals surface area contributed by atoms with Gasteiger partial charge in [0.1, 0.15) is 6.04 Å². The molecule has 1 fully saturated rings. The predicted octanol–water partition coefficient (Wildman–Crippen LogP) is 0.608. The second-order valence-electron chi connectivity index (χ2n) is 5.03. The third-order valence-corrected chi connectivity index (χ3v) is 3.03. The maximum absolute atomic E-state index is 11.8. The van der Waals surface area contributed by atoms with Gasteiger partial charge in [-0.05, 0) is 38.8 Å². The number of esters is 1. The first-order valence-corrected chi connectivity index (χ1v) is 6.82. The van der Waals surface area contributed by atoms with Crippen LogP contribution in [0.2, 0.25) is 0 Å². The first-order chi connectivity index (χ1) is 9.97. The van der Waals surface area contributed by atoms with Gasteiger partial charge in [0, 0.05) is 6.04 Å². The van der Waals surface area contributed by atoms with E-state index in [4.69, 9.17) is 9.15 Å². The summed E-state index contributed by atoms with van der Waals surface area (Å²) < 4.78 is 9.94. The largest absolute Gasteiger partial charge is 0.459 e.